The maximum absolute atomic E-state index is 10.3. The fourth-order valence-electron chi connectivity index (χ4n) is 2.65. The van der Waals surface area contributed by atoms with E-state index in [0.29, 0.717) is 6.42 Å². The Kier molecular flexibility index (Phi) is 22.1. The van der Waals surface area contributed by atoms with Crippen LogP contribution in [0, 0.1) is 0 Å². The van der Waals surface area contributed by atoms with Gasteiger partial charge in [0.25, 0.3) is 0 Å². The minimum atomic E-state index is -0.653. The van der Waals surface area contributed by atoms with Gasteiger partial charge in [-0.1, -0.05) is 96.8 Å². The molecule has 0 fully saturated rings. The van der Waals surface area contributed by atoms with Crippen molar-refractivity contribution in [3.05, 3.63) is 0 Å². The number of hydrogen-bond donors (Lipinski definition) is 1. The molecule has 0 heterocycles. The summed E-state index contributed by atoms with van der Waals surface area (Å²) in [5.41, 5.74) is 0. The van der Waals surface area contributed by atoms with Crippen molar-refractivity contribution >= 4 is 5.97 Å². The van der Waals surface area contributed by atoms with E-state index < -0.39 is 5.97 Å². The van der Waals surface area contributed by atoms with Crippen molar-refractivity contribution in [2.24, 2.45) is 0 Å². The van der Waals surface area contributed by atoms with E-state index in [-0.39, 0.29) is 17.1 Å². The molecule has 0 unspecified atom stereocenters. The van der Waals surface area contributed by atoms with Crippen LogP contribution in [-0.4, -0.2) is 11.1 Å². The van der Waals surface area contributed by atoms with Gasteiger partial charge in [-0.3, -0.25) is 4.79 Å². The van der Waals surface area contributed by atoms with Crippen LogP contribution in [0.2, 0.25) is 0 Å². The molecule has 3 heteroatoms. The molecule has 0 aliphatic rings. The SMILES string of the molecule is CCCCCCCCCCCCCCCCCC(=O)O.[Mn]. The van der Waals surface area contributed by atoms with Gasteiger partial charge in [-0.25, -0.2) is 0 Å². The molecule has 21 heavy (non-hydrogen) atoms. The first-order valence-electron chi connectivity index (χ1n) is 8.99. The van der Waals surface area contributed by atoms with Crippen LogP contribution >= 0.6 is 0 Å². The molecule has 0 rings (SSSR count). The van der Waals surface area contributed by atoms with E-state index in [4.69, 9.17) is 5.11 Å². The number of rotatable bonds is 16. The number of carboxylic acids is 1. The van der Waals surface area contributed by atoms with E-state index in [1.54, 1.807) is 0 Å². The molecule has 0 aliphatic heterocycles. The van der Waals surface area contributed by atoms with Gasteiger partial charge in [-0.05, 0) is 6.42 Å². The van der Waals surface area contributed by atoms with Crippen LogP contribution in [0.25, 0.3) is 0 Å². The van der Waals surface area contributed by atoms with Crippen LogP contribution in [0.15, 0.2) is 0 Å². The maximum atomic E-state index is 10.3. The average Bonchev–Trinajstić information content (AvgIpc) is 2.43. The topological polar surface area (TPSA) is 37.3 Å². The van der Waals surface area contributed by atoms with Gasteiger partial charge in [-0.2, -0.15) is 0 Å². The Morgan fingerprint density at radius 2 is 0.905 bits per heavy atom. The molecular formula is C18H36MnO2. The van der Waals surface area contributed by atoms with Gasteiger partial charge in [0.15, 0.2) is 0 Å². The standard InChI is InChI=1S/C18H36O2.Mn/c1-2-3-4-5-6-7-8-9-10-11-12-13-14-15-16-17-18(19)20;/h2-17H2,1H3,(H,19,20);. The third kappa shape index (κ3) is 22.4. The van der Waals surface area contributed by atoms with Gasteiger partial charge in [0.05, 0.1) is 0 Å². The van der Waals surface area contributed by atoms with Crippen molar-refractivity contribution in [1.82, 2.24) is 0 Å². The van der Waals surface area contributed by atoms with Crippen LogP contribution in [-0.2, 0) is 21.9 Å². The molecule has 1 radical (unpaired) electrons. The number of carboxylic acid groups (broad SMARTS) is 1. The van der Waals surface area contributed by atoms with Crippen molar-refractivity contribution < 1.29 is 27.0 Å². The van der Waals surface area contributed by atoms with Crippen molar-refractivity contribution in [2.45, 2.75) is 110 Å². The summed E-state index contributed by atoms with van der Waals surface area (Å²) in [6.07, 6.45) is 20.2. The maximum Gasteiger partial charge on any atom is 0.303 e. The largest absolute Gasteiger partial charge is 0.481 e. The van der Waals surface area contributed by atoms with Crippen molar-refractivity contribution in [3.8, 4) is 0 Å². The number of aliphatic carboxylic acids is 1. The predicted octanol–water partition coefficient (Wildman–Crippen LogP) is 6.33. The summed E-state index contributed by atoms with van der Waals surface area (Å²) in [7, 11) is 0. The third-order valence-electron chi connectivity index (χ3n) is 3.99. The molecule has 0 aliphatic carbocycles. The van der Waals surface area contributed by atoms with Gasteiger partial charge in [0.2, 0.25) is 0 Å². The fourth-order valence-corrected chi connectivity index (χ4v) is 2.65. The van der Waals surface area contributed by atoms with Crippen LogP contribution in [0.5, 0.6) is 0 Å². The molecule has 0 aromatic heterocycles. The second kappa shape index (κ2) is 20.0. The zero-order valence-corrected chi connectivity index (χ0v) is 15.2. The van der Waals surface area contributed by atoms with Gasteiger partial charge >= 0.3 is 5.97 Å². The minimum Gasteiger partial charge on any atom is -0.481 e. The molecule has 0 atom stereocenters. The minimum absolute atomic E-state index is 0. The summed E-state index contributed by atoms with van der Waals surface area (Å²) in [6.45, 7) is 2.27. The summed E-state index contributed by atoms with van der Waals surface area (Å²) in [4.78, 5) is 10.3. The summed E-state index contributed by atoms with van der Waals surface area (Å²) >= 11 is 0. The number of unbranched alkanes of at least 4 members (excludes halogenated alkanes) is 14. The quantitative estimate of drug-likeness (QED) is 0.263. The molecule has 0 aromatic rings. The van der Waals surface area contributed by atoms with E-state index in [9.17, 15) is 4.79 Å². The fraction of sp³-hybridized carbons (Fsp3) is 0.944. The normalized spacial score (nSPS) is 10.3. The second-order valence-electron chi connectivity index (χ2n) is 6.09. The molecular weight excluding hydrogens is 303 g/mol. The molecule has 2 nitrogen and oxygen atoms in total. The van der Waals surface area contributed by atoms with E-state index >= 15 is 0 Å². The monoisotopic (exact) mass is 339 g/mol. The summed E-state index contributed by atoms with van der Waals surface area (Å²) < 4.78 is 0. The molecule has 0 bridgehead atoms. The summed E-state index contributed by atoms with van der Waals surface area (Å²) in [5, 5.41) is 8.52. The van der Waals surface area contributed by atoms with Gasteiger partial charge < -0.3 is 5.11 Å². The van der Waals surface area contributed by atoms with Gasteiger partial charge in [0.1, 0.15) is 0 Å². The van der Waals surface area contributed by atoms with E-state index in [0.717, 1.165) is 12.8 Å². The number of hydrogen-bond acceptors (Lipinski definition) is 1. The van der Waals surface area contributed by atoms with Crippen LogP contribution < -0.4 is 0 Å². The Bertz CT molecular complexity index is 207. The van der Waals surface area contributed by atoms with Crippen LogP contribution in [0.3, 0.4) is 0 Å². The molecule has 0 aromatic carbocycles. The van der Waals surface area contributed by atoms with Crippen LogP contribution in [0.1, 0.15) is 110 Å². The molecule has 0 saturated carbocycles. The van der Waals surface area contributed by atoms with Gasteiger partial charge in [-0.15, -0.1) is 0 Å². The predicted molar refractivity (Wildman–Crippen MR) is 87.2 cm³/mol. The first kappa shape index (κ1) is 23.3. The molecule has 1 N–H and O–H groups in total. The molecule has 127 valence electrons. The first-order valence-corrected chi connectivity index (χ1v) is 8.99. The van der Waals surface area contributed by atoms with Crippen molar-refractivity contribution in [3.63, 3.8) is 0 Å². The molecule has 0 amide bonds. The second-order valence-corrected chi connectivity index (χ2v) is 6.09. The van der Waals surface area contributed by atoms with Gasteiger partial charge in [0, 0.05) is 23.5 Å². The molecule has 0 saturated heterocycles. The Morgan fingerprint density at radius 3 is 1.19 bits per heavy atom. The Balaban J connectivity index is 0. The number of carbonyl (C=O) groups is 1. The Labute approximate surface area is 142 Å². The van der Waals surface area contributed by atoms with Crippen molar-refractivity contribution in [1.29, 1.82) is 0 Å². The average molecular weight is 339 g/mol. The summed E-state index contributed by atoms with van der Waals surface area (Å²) in [5.74, 6) is -0.653. The zero-order valence-electron chi connectivity index (χ0n) is 14.0. The first-order chi connectivity index (χ1) is 9.77. The summed E-state index contributed by atoms with van der Waals surface area (Å²) in [6, 6.07) is 0. The van der Waals surface area contributed by atoms with E-state index in [2.05, 4.69) is 6.92 Å². The van der Waals surface area contributed by atoms with Crippen molar-refractivity contribution in [2.75, 3.05) is 0 Å². The van der Waals surface area contributed by atoms with E-state index in [1.165, 1.54) is 83.5 Å². The van der Waals surface area contributed by atoms with E-state index in [1.807, 2.05) is 0 Å². The smallest absolute Gasteiger partial charge is 0.303 e. The third-order valence-corrected chi connectivity index (χ3v) is 3.99. The van der Waals surface area contributed by atoms with Crippen LogP contribution in [0.4, 0.5) is 0 Å². The molecule has 0 spiro atoms. The Hall–Kier alpha value is -0.0105. The Morgan fingerprint density at radius 1 is 0.619 bits per heavy atom. The zero-order chi connectivity index (χ0) is 14.9.